The number of aromatic hydroxyl groups is 1. The fourth-order valence-electron chi connectivity index (χ4n) is 1.68. The molecular weight excluding hydrogens is 258 g/mol. The summed E-state index contributed by atoms with van der Waals surface area (Å²) < 4.78 is 0. The van der Waals surface area contributed by atoms with Crippen LogP contribution in [0.5, 0.6) is 5.75 Å². The van der Waals surface area contributed by atoms with Crippen LogP contribution in [-0.2, 0) is 16.2 Å². The van der Waals surface area contributed by atoms with Crippen LogP contribution in [0.15, 0.2) is 18.2 Å². The van der Waals surface area contributed by atoms with E-state index in [1.165, 1.54) is 6.07 Å². The number of nitrogens with zero attached hydrogens (tertiary/aromatic N) is 1. The molecular formula is C12H14ClNO4. The third-order valence-electron chi connectivity index (χ3n) is 2.99. The Balaban J connectivity index is 2.21. The number of rotatable bonds is 2. The lowest BCUT2D eigenvalue weighted by molar-refractivity contribution is -0.228. The van der Waals surface area contributed by atoms with Gasteiger partial charge in [-0.3, -0.25) is 4.79 Å². The summed E-state index contributed by atoms with van der Waals surface area (Å²) in [7, 11) is 0. The molecule has 0 aromatic heterocycles. The van der Waals surface area contributed by atoms with Gasteiger partial charge in [0.15, 0.2) is 6.29 Å². The molecule has 1 aromatic rings. The van der Waals surface area contributed by atoms with Crippen molar-refractivity contribution >= 4 is 17.5 Å². The van der Waals surface area contributed by atoms with Crippen LogP contribution in [0.25, 0.3) is 0 Å². The number of benzene rings is 1. The summed E-state index contributed by atoms with van der Waals surface area (Å²) in [6.45, 7) is 3.28. The zero-order valence-electron chi connectivity index (χ0n) is 10.1. The molecule has 98 valence electrons. The number of aliphatic hydroxyl groups is 1. The Bertz CT molecular complexity index is 489. The van der Waals surface area contributed by atoms with Crippen molar-refractivity contribution < 1.29 is 19.8 Å². The minimum absolute atomic E-state index is 0.0550. The average Bonchev–Trinajstić information content (AvgIpc) is 2.49. The Hall–Kier alpha value is -1.30. The lowest BCUT2D eigenvalue weighted by Gasteiger charge is -2.16. The minimum Gasteiger partial charge on any atom is -0.506 e. The van der Waals surface area contributed by atoms with Gasteiger partial charge in [0.1, 0.15) is 5.75 Å². The molecule has 1 heterocycles. The number of phenolic OH excluding ortho intramolecular Hbond substituents is 1. The van der Waals surface area contributed by atoms with Crippen molar-refractivity contribution in [2.75, 3.05) is 0 Å². The van der Waals surface area contributed by atoms with E-state index in [-0.39, 0.29) is 23.2 Å². The molecule has 1 atom stereocenters. The van der Waals surface area contributed by atoms with Gasteiger partial charge in [-0.25, -0.2) is 9.90 Å². The predicted octanol–water partition coefficient (Wildman–Crippen LogP) is 1.66. The molecule has 5 nitrogen and oxygen atoms in total. The average molecular weight is 272 g/mol. The Morgan fingerprint density at radius 2 is 2.17 bits per heavy atom. The molecule has 2 rings (SSSR count). The number of hydrogen-bond donors (Lipinski definition) is 2. The fourth-order valence-corrected chi connectivity index (χ4v) is 1.87. The smallest absolute Gasteiger partial charge is 0.257 e. The van der Waals surface area contributed by atoms with Crippen LogP contribution < -0.4 is 0 Å². The van der Waals surface area contributed by atoms with Crippen molar-refractivity contribution in [2.45, 2.75) is 26.7 Å². The molecule has 1 aliphatic heterocycles. The molecule has 2 N–H and O–H groups in total. The molecule has 0 bridgehead atoms. The van der Waals surface area contributed by atoms with E-state index in [0.29, 0.717) is 5.56 Å². The van der Waals surface area contributed by atoms with Gasteiger partial charge in [0.2, 0.25) is 0 Å². The van der Waals surface area contributed by atoms with Gasteiger partial charge >= 0.3 is 0 Å². The van der Waals surface area contributed by atoms with Crippen molar-refractivity contribution in [2.24, 2.45) is 5.41 Å². The molecule has 1 amide bonds. The van der Waals surface area contributed by atoms with Crippen LogP contribution in [-0.4, -0.2) is 27.5 Å². The minimum atomic E-state index is -1.18. The first kappa shape index (κ1) is 13.1. The number of hydroxylamine groups is 2. The van der Waals surface area contributed by atoms with E-state index in [9.17, 15) is 15.0 Å². The molecule has 0 saturated carbocycles. The lowest BCUT2D eigenvalue weighted by Crippen LogP contribution is -2.32. The monoisotopic (exact) mass is 271 g/mol. The lowest BCUT2D eigenvalue weighted by atomic mass is 9.92. The second-order valence-electron chi connectivity index (χ2n) is 4.77. The van der Waals surface area contributed by atoms with Crippen molar-refractivity contribution in [1.82, 2.24) is 5.06 Å². The van der Waals surface area contributed by atoms with Crippen LogP contribution in [0.2, 0.25) is 5.02 Å². The Morgan fingerprint density at radius 3 is 2.72 bits per heavy atom. The maximum absolute atomic E-state index is 12.0. The largest absolute Gasteiger partial charge is 0.506 e. The highest BCUT2D eigenvalue weighted by Crippen LogP contribution is 2.35. The predicted molar refractivity (Wildman–Crippen MR) is 64.5 cm³/mol. The standard InChI is InChI=1S/C12H14ClNO4/c1-12(2)10(16)14(18-11(12)17)6-7-4-3-5-8(15)9(7)13/h3-5,11,15,17H,6H2,1-2H3. The third-order valence-corrected chi connectivity index (χ3v) is 3.43. The molecule has 6 heteroatoms. The summed E-state index contributed by atoms with van der Waals surface area (Å²) in [5.74, 6) is -0.380. The van der Waals surface area contributed by atoms with Crippen LogP contribution >= 0.6 is 11.6 Å². The molecule has 0 radical (unpaired) electrons. The van der Waals surface area contributed by atoms with Gasteiger partial charge in [0.25, 0.3) is 5.91 Å². The van der Waals surface area contributed by atoms with Crippen LogP contribution in [0.3, 0.4) is 0 Å². The Kier molecular flexibility index (Phi) is 3.23. The SMILES string of the molecule is CC1(C)C(=O)N(Cc2cccc(O)c2Cl)OC1O. The van der Waals surface area contributed by atoms with Crippen LogP contribution in [0, 0.1) is 5.41 Å². The second kappa shape index (κ2) is 4.42. The van der Waals surface area contributed by atoms with Gasteiger partial charge in [-0.05, 0) is 25.5 Å². The normalized spacial score (nSPS) is 22.6. The van der Waals surface area contributed by atoms with E-state index in [0.717, 1.165) is 5.06 Å². The van der Waals surface area contributed by atoms with E-state index in [1.807, 2.05) is 0 Å². The molecule has 0 spiro atoms. The number of halogens is 1. The van der Waals surface area contributed by atoms with Gasteiger partial charge in [0, 0.05) is 0 Å². The zero-order chi connectivity index (χ0) is 13.5. The summed E-state index contributed by atoms with van der Waals surface area (Å²) in [5.41, 5.74) is -0.432. The van der Waals surface area contributed by atoms with Gasteiger partial charge in [-0.1, -0.05) is 23.7 Å². The Labute approximate surface area is 109 Å². The molecule has 1 saturated heterocycles. The summed E-state index contributed by atoms with van der Waals surface area (Å²) in [5, 5.41) is 20.3. The molecule has 1 unspecified atom stereocenters. The quantitative estimate of drug-likeness (QED) is 0.858. The third kappa shape index (κ3) is 2.05. The maximum atomic E-state index is 12.0. The van der Waals surface area contributed by atoms with E-state index >= 15 is 0 Å². The van der Waals surface area contributed by atoms with Crippen LogP contribution in [0.1, 0.15) is 19.4 Å². The first-order valence-electron chi connectivity index (χ1n) is 5.47. The zero-order valence-corrected chi connectivity index (χ0v) is 10.8. The van der Waals surface area contributed by atoms with Crippen molar-refractivity contribution in [3.63, 3.8) is 0 Å². The first-order chi connectivity index (χ1) is 8.34. The van der Waals surface area contributed by atoms with Crippen molar-refractivity contribution in [3.05, 3.63) is 28.8 Å². The van der Waals surface area contributed by atoms with Crippen molar-refractivity contribution in [1.29, 1.82) is 0 Å². The Morgan fingerprint density at radius 1 is 1.50 bits per heavy atom. The summed E-state index contributed by atoms with van der Waals surface area (Å²) in [6.07, 6.45) is -1.18. The topological polar surface area (TPSA) is 70.0 Å². The number of carbonyl (C=O) groups is 1. The van der Waals surface area contributed by atoms with E-state index in [4.69, 9.17) is 16.4 Å². The highest BCUT2D eigenvalue weighted by molar-refractivity contribution is 6.32. The molecule has 1 aromatic carbocycles. The maximum Gasteiger partial charge on any atom is 0.257 e. The number of hydrogen-bond acceptors (Lipinski definition) is 4. The fraction of sp³-hybridized carbons (Fsp3) is 0.417. The molecule has 0 aliphatic carbocycles. The second-order valence-corrected chi connectivity index (χ2v) is 5.15. The van der Waals surface area contributed by atoms with Crippen molar-refractivity contribution in [3.8, 4) is 5.75 Å². The number of aliphatic hydroxyl groups excluding tert-OH is 1. The molecule has 1 aliphatic rings. The van der Waals surface area contributed by atoms with E-state index in [2.05, 4.69) is 0 Å². The van der Waals surface area contributed by atoms with Gasteiger partial charge < -0.3 is 10.2 Å². The number of phenols is 1. The highest BCUT2D eigenvalue weighted by Gasteiger charge is 2.48. The molecule has 1 fully saturated rings. The van der Waals surface area contributed by atoms with Gasteiger partial charge in [-0.15, -0.1) is 0 Å². The van der Waals surface area contributed by atoms with Crippen LogP contribution in [0.4, 0.5) is 0 Å². The number of carbonyl (C=O) groups excluding carboxylic acids is 1. The number of amides is 1. The molecule has 18 heavy (non-hydrogen) atoms. The van der Waals surface area contributed by atoms with Gasteiger partial charge in [0.05, 0.1) is 17.0 Å². The van der Waals surface area contributed by atoms with E-state index in [1.54, 1.807) is 26.0 Å². The first-order valence-corrected chi connectivity index (χ1v) is 5.85. The summed E-state index contributed by atoms with van der Waals surface area (Å²) in [6, 6.07) is 4.76. The van der Waals surface area contributed by atoms with Gasteiger partial charge in [-0.2, -0.15) is 0 Å². The van der Waals surface area contributed by atoms with E-state index < -0.39 is 11.7 Å². The highest BCUT2D eigenvalue weighted by atomic mass is 35.5. The summed E-state index contributed by atoms with van der Waals surface area (Å²) >= 11 is 5.92. The summed E-state index contributed by atoms with van der Waals surface area (Å²) in [4.78, 5) is 17.1.